The van der Waals surface area contributed by atoms with Gasteiger partial charge in [0, 0.05) is 6.04 Å². The highest BCUT2D eigenvalue weighted by atomic mass is 16.5. The Kier molecular flexibility index (Phi) is 3.62. The third kappa shape index (κ3) is 1.93. The number of carbonyl (C=O) groups is 4. The highest BCUT2D eigenvalue weighted by molar-refractivity contribution is 6.24. The Bertz CT molecular complexity index is 809. The van der Waals surface area contributed by atoms with Gasteiger partial charge < -0.3 is 9.47 Å². The molecule has 0 spiro atoms. The summed E-state index contributed by atoms with van der Waals surface area (Å²) < 4.78 is 9.74. The summed E-state index contributed by atoms with van der Waals surface area (Å²) in [5.74, 6) is -4.40. The monoisotopic (exact) mass is 358 g/mol. The fourth-order valence-corrected chi connectivity index (χ4v) is 4.72. The Morgan fingerprint density at radius 2 is 1.81 bits per heavy atom. The van der Waals surface area contributed by atoms with Crippen LogP contribution in [0.3, 0.4) is 0 Å². The van der Waals surface area contributed by atoms with E-state index in [1.807, 2.05) is 0 Å². The van der Waals surface area contributed by atoms with E-state index in [0.717, 1.165) is 4.90 Å². The van der Waals surface area contributed by atoms with Gasteiger partial charge in [-0.15, -0.1) is 0 Å². The summed E-state index contributed by atoms with van der Waals surface area (Å²) in [6.45, 7) is 0. The second-order valence-electron chi connectivity index (χ2n) is 6.82. The molecule has 26 heavy (non-hydrogen) atoms. The van der Waals surface area contributed by atoms with Crippen molar-refractivity contribution in [2.24, 2.45) is 17.8 Å². The van der Waals surface area contributed by atoms with Gasteiger partial charge in [-0.1, -0.05) is 18.2 Å². The number of nitrogens with one attached hydrogen (secondary N) is 1. The first kappa shape index (κ1) is 16.7. The van der Waals surface area contributed by atoms with Crippen LogP contribution in [-0.4, -0.2) is 49.6 Å². The molecular weight excluding hydrogens is 340 g/mol. The zero-order chi connectivity index (χ0) is 18.6. The minimum Gasteiger partial charge on any atom is -0.469 e. The average Bonchev–Trinajstić information content (AvgIpc) is 3.30. The number of rotatable bonds is 3. The third-order valence-corrected chi connectivity index (χ3v) is 5.74. The molecule has 3 aliphatic rings. The minimum atomic E-state index is -1.39. The summed E-state index contributed by atoms with van der Waals surface area (Å²) in [7, 11) is 2.48. The number of nitrogens with zero attached hydrogens (tertiary/aromatic N) is 1. The average molecular weight is 358 g/mol. The summed E-state index contributed by atoms with van der Waals surface area (Å²) in [4.78, 5) is 52.0. The highest BCUT2D eigenvalue weighted by Crippen LogP contribution is 2.54. The van der Waals surface area contributed by atoms with Crippen LogP contribution in [-0.2, 0) is 28.7 Å². The van der Waals surface area contributed by atoms with Gasteiger partial charge in [0.1, 0.15) is 5.54 Å². The third-order valence-electron chi connectivity index (χ3n) is 5.74. The number of para-hydroxylation sites is 1. The lowest BCUT2D eigenvalue weighted by molar-refractivity contribution is -0.154. The Morgan fingerprint density at radius 1 is 1.12 bits per heavy atom. The van der Waals surface area contributed by atoms with E-state index in [2.05, 4.69) is 5.32 Å². The van der Waals surface area contributed by atoms with Crippen LogP contribution >= 0.6 is 0 Å². The Morgan fingerprint density at radius 3 is 2.42 bits per heavy atom. The number of methoxy groups -OCH3 is 2. The number of fused-ring (bicyclic) bond motifs is 5. The van der Waals surface area contributed by atoms with E-state index in [0.29, 0.717) is 5.69 Å². The molecule has 3 fully saturated rings. The van der Waals surface area contributed by atoms with E-state index in [-0.39, 0.29) is 6.42 Å². The molecule has 0 aromatic heterocycles. The molecule has 8 heteroatoms. The predicted octanol–water partition coefficient (Wildman–Crippen LogP) is -0.131. The lowest BCUT2D eigenvalue weighted by Gasteiger charge is -2.31. The van der Waals surface area contributed by atoms with Crippen molar-refractivity contribution in [2.75, 3.05) is 19.1 Å². The molecule has 0 aliphatic carbocycles. The van der Waals surface area contributed by atoms with Crippen molar-refractivity contribution >= 4 is 29.4 Å². The summed E-state index contributed by atoms with van der Waals surface area (Å²) in [5.41, 5.74) is -0.940. The lowest BCUT2D eigenvalue weighted by Crippen LogP contribution is -2.54. The van der Waals surface area contributed by atoms with Gasteiger partial charge in [-0.2, -0.15) is 0 Å². The first-order valence-electron chi connectivity index (χ1n) is 8.33. The molecule has 3 heterocycles. The number of ether oxygens (including phenoxy) is 2. The first-order valence-corrected chi connectivity index (χ1v) is 8.33. The van der Waals surface area contributed by atoms with Crippen molar-refractivity contribution in [3.63, 3.8) is 0 Å². The molecule has 0 saturated carbocycles. The Labute approximate surface area is 149 Å². The van der Waals surface area contributed by atoms with E-state index < -0.39 is 53.1 Å². The maximum Gasteiger partial charge on any atom is 0.326 e. The summed E-state index contributed by atoms with van der Waals surface area (Å²) in [6, 6.07) is 7.92. The molecule has 1 aromatic carbocycles. The molecule has 0 radical (unpaired) electrons. The zero-order valence-corrected chi connectivity index (χ0v) is 14.3. The van der Waals surface area contributed by atoms with Crippen molar-refractivity contribution in [3.8, 4) is 0 Å². The van der Waals surface area contributed by atoms with Crippen molar-refractivity contribution in [3.05, 3.63) is 30.3 Å². The molecule has 2 amide bonds. The van der Waals surface area contributed by atoms with E-state index in [4.69, 9.17) is 9.47 Å². The molecule has 5 atom stereocenters. The van der Waals surface area contributed by atoms with E-state index in [9.17, 15) is 19.2 Å². The number of carbonyl (C=O) groups excluding carboxylic acids is 4. The fourth-order valence-electron chi connectivity index (χ4n) is 4.72. The molecule has 3 unspecified atom stereocenters. The topological polar surface area (TPSA) is 102 Å². The largest absolute Gasteiger partial charge is 0.469 e. The van der Waals surface area contributed by atoms with E-state index >= 15 is 0 Å². The normalized spacial score (nSPS) is 34.8. The molecule has 1 aromatic rings. The quantitative estimate of drug-likeness (QED) is 0.593. The van der Waals surface area contributed by atoms with Gasteiger partial charge in [0.25, 0.3) is 0 Å². The van der Waals surface area contributed by atoms with Crippen LogP contribution in [0.1, 0.15) is 6.42 Å². The molecule has 4 rings (SSSR count). The van der Waals surface area contributed by atoms with Crippen LogP contribution in [0, 0.1) is 17.8 Å². The van der Waals surface area contributed by atoms with Crippen LogP contribution in [0.25, 0.3) is 0 Å². The highest BCUT2D eigenvalue weighted by Gasteiger charge is 2.75. The molecule has 3 saturated heterocycles. The summed E-state index contributed by atoms with van der Waals surface area (Å²) >= 11 is 0. The molecular formula is C18H18N2O6. The van der Waals surface area contributed by atoms with Gasteiger partial charge in [0.15, 0.2) is 0 Å². The van der Waals surface area contributed by atoms with Crippen LogP contribution < -0.4 is 10.2 Å². The number of hydrogen-bond donors (Lipinski definition) is 1. The number of anilines is 1. The predicted molar refractivity (Wildman–Crippen MR) is 87.7 cm³/mol. The van der Waals surface area contributed by atoms with Crippen LogP contribution in [0.5, 0.6) is 0 Å². The van der Waals surface area contributed by atoms with Crippen LogP contribution in [0.15, 0.2) is 30.3 Å². The maximum atomic E-state index is 13.1. The van der Waals surface area contributed by atoms with Crippen LogP contribution in [0.4, 0.5) is 5.69 Å². The van der Waals surface area contributed by atoms with Crippen molar-refractivity contribution in [1.29, 1.82) is 0 Å². The SMILES string of the molecule is COC(=O)[C@H]1C[C@@]2(C(=O)OC)NC1C1C(=O)N(c3ccccc3)C(=O)C12. The second kappa shape index (κ2) is 5.63. The summed E-state index contributed by atoms with van der Waals surface area (Å²) in [5, 5.41) is 3.05. The smallest absolute Gasteiger partial charge is 0.326 e. The van der Waals surface area contributed by atoms with Gasteiger partial charge in [-0.25, -0.2) is 4.90 Å². The number of imide groups is 1. The summed E-state index contributed by atoms with van der Waals surface area (Å²) in [6.07, 6.45) is 0.0693. The molecule has 1 N–H and O–H groups in total. The zero-order valence-electron chi connectivity index (χ0n) is 14.3. The maximum absolute atomic E-state index is 13.1. The van der Waals surface area contributed by atoms with E-state index in [1.54, 1.807) is 30.3 Å². The van der Waals surface area contributed by atoms with Crippen molar-refractivity contribution < 1.29 is 28.7 Å². The first-order chi connectivity index (χ1) is 12.5. The van der Waals surface area contributed by atoms with Gasteiger partial charge in [0.05, 0.1) is 37.7 Å². The Balaban J connectivity index is 1.79. The van der Waals surface area contributed by atoms with Gasteiger partial charge in [-0.3, -0.25) is 24.5 Å². The van der Waals surface area contributed by atoms with Gasteiger partial charge in [0.2, 0.25) is 11.8 Å². The second-order valence-corrected chi connectivity index (χ2v) is 6.82. The minimum absolute atomic E-state index is 0.0693. The standard InChI is InChI=1S/C18H18N2O6/c1-25-16(23)10-8-18(17(24)26-2)12-11(13(10)19-18)14(21)20(15(12)22)9-6-4-3-5-7-9/h3-7,10-13,19H,8H2,1-2H3/t10-,11?,12?,13?,18+/m0/s1. The molecule has 2 bridgehead atoms. The molecule has 8 nitrogen and oxygen atoms in total. The Hall–Kier alpha value is -2.74. The van der Waals surface area contributed by atoms with Gasteiger partial charge in [-0.05, 0) is 18.6 Å². The lowest BCUT2D eigenvalue weighted by atomic mass is 9.68. The van der Waals surface area contributed by atoms with Crippen LogP contribution in [0.2, 0.25) is 0 Å². The fraction of sp³-hybridized carbons (Fsp3) is 0.444. The number of amides is 2. The number of hydrogen-bond acceptors (Lipinski definition) is 7. The number of esters is 2. The number of benzene rings is 1. The van der Waals surface area contributed by atoms with E-state index in [1.165, 1.54) is 14.2 Å². The molecule has 136 valence electrons. The molecule has 3 aliphatic heterocycles. The van der Waals surface area contributed by atoms with Crippen molar-refractivity contribution in [1.82, 2.24) is 5.32 Å². The van der Waals surface area contributed by atoms with Gasteiger partial charge >= 0.3 is 11.9 Å². The van der Waals surface area contributed by atoms with Crippen molar-refractivity contribution in [2.45, 2.75) is 18.0 Å².